The summed E-state index contributed by atoms with van der Waals surface area (Å²) in [4.78, 5) is 26.3. The Morgan fingerprint density at radius 3 is 1.17 bits per heavy atom. The smallest absolute Gasteiger partial charge is 0.220 e. The third-order valence-corrected chi connectivity index (χ3v) is 19.7. The third kappa shape index (κ3) is 28.1. The maximum absolute atomic E-state index is 13.5. The van der Waals surface area contributed by atoms with Crippen LogP contribution in [-0.2, 0) is 57.0 Å². The molecule has 5 saturated heterocycles. The summed E-state index contributed by atoms with van der Waals surface area (Å²) in [6.45, 7) is 0.346. The van der Waals surface area contributed by atoms with Crippen LogP contribution >= 0.6 is 0 Å². The first kappa shape index (κ1) is 88.3. The van der Waals surface area contributed by atoms with Gasteiger partial charge in [-0.05, 0) is 19.3 Å². The molecule has 5 rings (SSSR count). The zero-order chi connectivity index (χ0) is 73.1. The highest BCUT2D eigenvalue weighted by Crippen LogP contribution is 2.37. The molecule has 27 atom stereocenters. The number of hydrogen-bond acceptors (Lipinski definition) is 28. The summed E-state index contributed by atoms with van der Waals surface area (Å²) in [6.07, 6.45) is -8.60. The lowest BCUT2D eigenvalue weighted by molar-refractivity contribution is -0.387. The van der Waals surface area contributed by atoms with Gasteiger partial charge < -0.3 is 140 Å². The largest absolute Gasteiger partial charge is 0.394 e. The topological polar surface area (TPSA) is 474 Å². The maximum atomic E-state index is 13.5. The number of unbranched alkanes of at least 4 members (excludes halogenated alkanes) is 27. The molecular formula is C70H128N2O28. The number of amides is 2. The normalized spacial score (nSPS) is 35.6. The van der Waals surface area contributed by atoms with E-state index in [1.54, 1.807) is 6.08 Å². The van der Waals surface area contributed by atoms with Crippen molar-refractivity contribution >= 4 is 11.8 Å². The van der Waals surface area contributed by atoms with Gasteiger partial charge in [-0.1, -0.05) is 193 Å². The van der Waals surface area contributed by atoms with Gasteiger partial charge in [0, 0.05) is 13.3 Å². The van der Waals surface area contributed by atoms with E-state index in [0.29, 0.717) is 12.8 Å². The highest BCUT2D eigenvalue weighted by atomic mass is 16.8. The van der Waals surface area contributed by atoms with Gasteiger partial charge in [0.25, 0.3) is 0 Å². The van der Waals surface area contributed by atoms with E-state index in [1.807, 2.05) is 6.08 Å². The summed E-state index contributed by atoms with van der Waals surface area (Å²) in [5.74, 6) is -1.15. The number of carbonyl (C=O) groups is 2. The molecule has 10 unspecified atom stereocenters. The number of ether oxygens (including phenoxy) is 10. The number of aliphatic hydroxyl groups is 16. The van der Waals surface area contributed by atoms with E-state index in [0.717, 1.165) is 51.9 Å². The van der Waals surface area contributed by atoms with Crippen LogP contribution in [0.5, 0.6) is 0 Å². The fraction of sp³-hybridized carbons (Fsp3) is 0.943. The first-order valence-electron chi connectivity index (χ1n) is 37.5. The van der Waals surface area contributed by atoms with Crippen LogP contribution in [-0.4, -0.2) is 299 Å². The van der Waals surface area contributed by atoms with Crippen molar-refractivity contribution in [2.45, 2.75) is 379 Å². The van der Waals surface area contributed by atoms with E-state index in [1.165, 1.54) is 128 Å². The van der Waals surface area contributed by atoms with E-state index in [9.17, 15) is 91.3 Å². The van der Waals surface area contributed by atoms with Crippen molar-refractivity contribution in [3.05, 3.63) is 12.2 Å². The van der Waals surface area contributed by atoms with Crippen molar-refractivity contribution in [1.29, 1.82) is 0 Å². The van der Waals surface area contributed by atoms with E-state index in [-0.39, 0.29) is 12.3 Å². The Balaban J connectivity index is 1.19. The molecule has 5 aliphatic rings. The second-order valence-corrected chi connectivity index (χ2v) is 27.8. The van der Waals surface area contributed by atoms with E-state index < -0.39 is 211 Å². The van der Waals surface area contributed by atoms with Crippen molar-refractivity contribution in [2.24, 2.45) is 0 Å². The molecule has 0 aliphatic carbocycles. The lowest BCUT2D eigenvalue weighted by Crippen LogP contribution is -2.70. The van der Waals surface area contributed by atoms with Gasteiger partial charge in [0.2, 0.25) is 11.8 Å². The summed E-state index contributed by atoms with van der Waals surface area (Å²) >= 11 is 0. The first-order chi connectivity index (χ1) is 48.2. The average Bonchev–Trinajstić information content (AvgIpc) is 0.778. The van der Waals surface area contributed by atoms with Gasteiger partial charge >= 0.3 is 0 Å². The molecule has 0 radical (unpaired) electrons. The molecule has 30 heteroatoms. The molecule has 100 heavy (non-hydrogen) atoms. The number of aliphatic hydroxyl groups excluding tert-OH is 16. The molecule has 0 aromatic heterocycles. The summed E-state index contributed by atoms with van der Waals surface area (Å²) < 4.78 is 58.3. The fourth-order valence-corrected chi connectivity index (χ4v) is 13.6. The van der Waals surface area contributed by atoms with Gasteiger partial charge in [0.15, 0.2) is 31.5 Å². The minimum Gasteiger partial charge on any atom is -0.394 e. The fourth-order valence-electron chi connectivity index (χ4n) is 13.6. The van der Waals surface area contributed by atoms with Crippen LogP contribution in [0, 0.1) is 0 Å². The zero-order valence-electron chi connectivity index (χ0n) is 59.3. The molecule has 5 heterocycles. The first-order valence-corrected chi connectivity index (χ1v) is 37.5. The molecular weight excluding hydrogens is 1320 g/mol. The highest BCUT2D eigenvalue weighted by molar-refractivity contribution is 5.76. The maximum Gasteiger partial charge on any atom is 0.220 e. The number of allylic oxidation sites excluding steroid dienone is 1. The zero-order valence-corrected chi connectivity index (χ0v) is 59.3. The predicted octanol–water partition coefficient (Wildman–Crippen LogP) is 0.388. The molecule has 0 aromatic rings. The Morgan fingerprint density at radius 2 is 0.740 bits per heavy atom. The molecule has 0 saturated carbocycles. The number of rotatable bonds is 50. The Labute approximate surface area is 589 Å². The third-order valence-electron chi connectivity index (χ3n) is 19.7. The molecule has 5 fully saturated rings. The number of nitrogens with one attached hydrogen (secondary N) is 2. The Bertz CT molecular complexity index is 2180. The second-order valence-electron chi connectivity index (χ2n) is 27.8. The van der Waals surface area contributed by atoms with E-state index in [4.69, 9.17) is 47.4 Å². The van der Waals surface area contributed by atoms with Crippen LogP contribution < -0.4 is 10.6 Å². The molecule has 0 bridgehead atoms. The van der Waals surface area contributed by atoms with Gasteiger partial charge in [-0.2, -0.15) is 0 Å². The Hall–Kier alpha value is -2.36. The van der Waals surface area contributed by atoms with Gasteiger partial charge in [-0.15, -0.1) is 0 Å². The van der Waals surface area contributed by atoms with Crippen LogP contribution in [0.3, 0.4) is 0 Å². The lowest BCUT2D eigenvalue weighted by Gasteiger charge is -2.50. The Morgan fingerprint density at radius 1 is 0.390 bits per heavy atom. The number of carbonyl (C=O) groups excluding carboxylic acids is 2. The standard InChI is InChI=1S/C70H128N2O28/c1-4-6-8-10-12-14-16-18-19-20-21-23-25-27-29-31-33-35-50(80)72-43(44(79)34-32-30-28-26-24-22-17-15-13-11-9-7-5-2)41-91-67-59(88)57(86)63(49(40-77)96-67)98-70-60(89)64(53(82)46(37-74)94-70)99-66-51(71-42(3)78)55(84)62(48(39-76)95-66)97-69-61(90)65(54(83)47(38-75)93-69)100-68-58(87)56(85)52(81)45(36-73)92-68/h32,34,43-49,51-70,73-77,79,81-90H,4-31,33,35-41H2,1-3H3,(H,71,78)(H,72,80)/b34-32+/t43-,44+,45?,46?,47?,48?,49?,51?,52-,53-,54-,55+,56-,57+,58?,59?,60?,61?,62+,63+,64-,65-,66-,67+,68+,69-,70-/m0/s1. The molecule has 586 valence electrons. The Kier molecular flexibility index (Phi) is 43.0. The molecule has 30 nitrogen and oxygen atoms in total. The average molecular weight is 1450 g/mol. The van der Waals surface area contributed by atoms with Gasteiger partial charge in [0.1, 0.15) is 122 Å². The summed E-state index contributed by atoms with van der Waals surface area (Å²) in [6, 6.07) is -2.81. The van der Waals surface area contributed by atoms with Crippen molar-refractivity contribution in [3.8, 4) is 0 Å². The van der Waals surface area contributed by atoms with E-state index in [2.05, 4.69) is 24.5 Å². The molecule has 18 N–H and O–H groups in total. The molecule has 0 spiro atoms. The predicted molar refractivity (Wildman–Crippen MR) is 359 cm³/mol. The minimum absolute atomic E-state index is 0.193. The van der Waals surface area contributed by atoms with Crippen LogP contribution in [0.2, 0.25) is 0 Å². The lowest BCUT2D eigenvalue weighted by atomic mass is 9.94. The molecule has 5 aliphatic heterocycles. The van der Waals surface area contributed by atoms with E-state index >= 15 is 0 Å². The van der Waals surface area contributed by atoms with Crippen molar-refractivity contribution in [3.63, 3.8) is 0 Å². The van der Waals surface area contributed by atoms with Gasteiger partial charge in [-0.3, -0.25) is 9.59 Å². The van der Waals surface area contributed by atoms with Crippen molar-refractivity contribution in [1.82, 2.24) is 10.6 Å². The van der Waals surface area contributed by atoms with Crippen molar-refractivity contribution in [2.75, 3.05) is 39.6 Å². The molecule has 0 aromatic carbocycles. The van der Waals surface area contributed by atoms with Crippen LogP contribution in [0.4, 0.5) is 0 Å². The summed E-state index contributed by atoms with van der Waals surface area (Å²) in [5, 5.41) is 181. The van der Waals surface area contributed by atoms with Crippen LogP contribution in [0.25, 0.3) is 0 Å². The van der Waals surface area contributed by atoms with Crippen molar-refractivity contribution < 1.29 is 139 Å². The second kappa shape index (κ2) is 48.8. The number of hydrogen-bond donors (Lipinski definition) is 18. The van der Waals surface area contributed by atoms with Crippen LogP contribution in [0.15, 0.2) is 12.2 Å². The quantitative estimate of drug-likeness (QED) is 0.0289. The minimum atomic E-state index is -2.15. The monoisotopic (exact) mass is 1440 g/mol. The highest BCUT2D eigenvalue weighted by Gasteiger charge is 2.57. The van der Waals surface area contributed by atoms with Gasteiger partial charge in [0.05, 0.1) is 51.8 Å². The summed E-state index contributed by atoms with van der Waals surface area (Å²) in [5.41, 5.74) is 0. The van der Waals surface area contributed by atoms with Crippen LogP contribution in [0.1, 0.15) is 213 Å². The molecule has 2 amide bonds. The summed E-state index contributed by atoms with van der Waals surface area (Å²) in [7, 11) is 0. The van der Waals surface area contributed by atoms with Gasteiger partial charge in [-0.25, -0.2) is 0 Å². The SMILES string of the molecule is CCCCCCCCCCCCC/C=C/[C@@H](O)[C@H](CO[C@@H]1OC(CO)[C@@H](O[C@@H]2OC(CO)[C@H](O)[C@H](O[C@@H]3OC(CO)[C@@H](O[C@@H]4OC(CO)[C@H](O)[C@H](O[C@H]5OC(CO)[C@H](O)[C@H](O)C5O)C4O)[C@H](O)C3NC(C)=O)C2O)[C@H](O)C1O)NC(=O)CCCCCCCCCCCCCCCCCCC.